The van der Waals surface area contributed by atoms with E-state index in [1.54, 1.807) is 19.9 Å². The van der Waals surface area contributed by atoms with Gasteiger partial charge in [0.25, 0.3) is 0 Å². The van der Waals surface area contributed by atoms with Crippen LogP contribution in [0.25, 0.3) is 0 Å². The van der Waals surface area contributed by atoms with Gasteiger partial charge in [-0.2, -0.15) is 0 Å². The van der Waals surface area contributed by atoms with E-state index in [-0.39, 0.29) is 5.75 Å². The van der Waals surface area contributed by atoms with E-state index >= 15 is 0 Å². The first-order valence-corrected chi connectivity index (χ1v) is 3.56. The van der Waals surface area contributed by atoms with Crippen molar-refractivity contribution in [1.82, 2.24) is 0 Å². The third-order valence-electron chi connectivity index (χ3n) is 1.63. The molecular weight excluding hydrogens is 156 g/mol. The maximum absolute atomic E-state index is 11.0. The lowest BCUT2D eigenvalue weighted by Crippen LogP contribution is -1.93. The van der Waals surface area contributed by atoms with Crippen molar-refractivity contribution in [3.63, 3.8) is 0 Å². The summed E-state index contributed by atoms with van der Waals surface area (Å²) < 4.78 is 0. The smallest absolute Gasteiger partial charge is 0.224 e. The maximum atomic E-state index is 11.0. The van der Waals surface area contributed by atoms with Crippen LogP contribution in [0.15, 0.2) is 16.9 Å². The summed E-state index contributed by atoms with van der Waals surface area (Å²) in [6, 6.07) is 2.92. The molecule has 12 heavy (non-hydrogen) atoms. The van der Waals surface area contributed by atoms with Gasteiger partial charge in [0, 0.05) is 0 Å². The molecular formula is C9H10O3. The predicted octanol–water partition coefficient (Wildman–Crippen LogP) is 1.07. The van der Waals surface area contributed by atoms with Gasteiger partial charge in [0.15, 0.2) is 5.75 Å². The Bertz CT molecular complexity index is 369. The molecule has 0 saturated heterocycles. The van der Waals surface area contributed by atoms with Crippen molar-refractivity contribution in [2.45, 2.75) is 13.8 Å². The van der Waals surface area contributed by atoms with E-state index in [2.05, 4.69) is 0 Å². The van der Waals surface area contributed by atoms with Crippen LogP contribution in [-0.2, 0) is 0 Å². The Labute approximate surface area is 69.9 Å². The van der Waals surface area contributed by atoms with E-state index in [1.165, 1.54) is 6.07 Å². The van der Waals surface area contributed by atoms with Gasteiger partial charge in [-0.15, -0.1) is 0 Å². The summed E-state index contributed by atoms with van der Waals surface area (Å²) in [7, 11) is 0. The van der Waals surface area contributed by atoms with Gasteiger partial charge in [-0.1, -0.05) is 6.07 Å². The van der Waals surface area contributed by atoms with Gasteiger partial charge in [-0.3, -0.25) is 4.79 Å². The molecule has 0 unspecified atom stereocenters. The van der Waals surface area contributed by atoms with Gasteiger partial charge in [-0.25, -0.2) is 0 Å². The summed E-state index contributed by atoms with van der Waals surface area (Å²) in [4.78, 5) is 11.0. The third-order valence-corrected chi connectivity index (χ3v) is 1.63. The molecule has 0 bridgehead atoms. The molecule has 0 aliphatic heterocycles. The zero-order valence-corrected chi connectivity index (χ0v) is 6.96. The second-order valence-electron chi connectivity index (χ2n) is 2.78. The number of rotatable bonds is 0. The summed E-state index contributed by atoms with van der Waals surface area (Å²) in [5.41, 5.74) is 0.651. The highest BCUT2D eigenvalue weighted by Crippen LogP contribution is 2.23. The molecule has 1 aromatic rings. The molecule has 0 aromatic heterocycles. The minimum Gasteiger partial charge on any atom is -0.504 e. The summed E-state index contributed by atoms with van der Waals surface area (Å²) in [5, 5.41) is 18.3. The topological polar surface area (TPSA) is 57.5 Å². The molecule has 0 saturated carbocycles. The van der Waals surface area contributed by atoms with Crippen molar-refractivity contribution < 1.29 is 10.2 Å². The second-order valence-corrected chi connectivity index (χ2v) is 2.78. The largest absolute Gasteiger partial charge is 0.504 e. The highest BCUT2D eigenvalue weighted by molar-refractivity contribution is 5.43. The van der Waals surface area contributed by atoms with Crippen molar-refractivity contribution in [2.24, 2.45) is 0 Å². The third kappa shape index (κ3) is 1.39. The van der Waals surface area contributed by atoms with Crippen molar-refractivity contribution in [2.75, 3.05) is 0 Å². The molecule has 3 nitrogen and oxygen atoms in total. The fourth-order valence-electron chi connectivity index (χ4n) is 1.03. The Balaban J connectivity index is 3.69. The first kappa shape index (κ1) is 8.59. The van der Waals surface area contributed by atoms with Crippen LogP contribution in [0.5, 0.6) is 11.5 Å². The molecule has 0 atom stereocenters. The van der Waals surface area contributed by atoms with Crippen molar-refractivity contribution in [3.05, 3.63) is 33.5 Å². The highest BCUT2D eigenvalue weighted by Gasteiger charge is 2.04. The van der Waals surface area contributed by atoms with Crippen LogP contribution in [0.3, 0.4) is 0 Å². The average molecular weight is 166 g/mol. The lowest BCUT2D eigenvalue weighted by Gasteiger charge is -1.92. The molecule has 0 aliphatic carbocycles. The fourth-order valence-corrected chi connectivity index (χ4v) is 1.03. The number of aryl methyl sites for hydroxylation is 2. The minimum atomic E-state index is -0.583. The van der Waals surface area contributed by atoms with Crippen LogP contribution >= 0.6 is 0 Å². The van der Waals surface area contributed by atoms with Crippen LogP contribution in [0, 0.1) is 13.8 Å². The zero-order chi connectivity index (χ0) is 9.30. The normalized spacial score (nSPS) is 9.83. The standard InChI is InChI=1S/C9H10O3/c1-5-3-6(2)8(11)9(12)7(10)4-5/h3-4H,1-2H3,(H2,10,11,12). The van der Waals surface area contributed by atoms with E-state index in [0.717, 1.165) is 0 Å². The van der Waals surface area contributed by atoms with E-state index in [9.17, 15) is 9.90 Å². The van der Waals surface area contributed by atoms with Gasteiger partial charge in [0.2, 0.25) is 11.2 Å². The molecule has 0 amide bonds. The van der Waals surface area contributed by atoms with Crippen LogP contribution in [0.1, 0.15) is 11.1 Å². The highest BCUT2D eigenvalue weighted by atomic mass is 16.3. The van der Waals surface area contributed by atoms with Gasteiger partial charge in [0.1, 0.15) is 0 Å². The van der Waals surface area contributed by atoms with E-state index < -0.39 is 11.2 Å². The van der Waals surface area contributed by atoms with Crippen LogP contribution < -0.4 is 5.43 Å². The van der Waals surface area contributed by atoms with E-state index in [4.69, 9.17) is 5.11 Å². The van der Waals surface area contributed by atoms with Crippen LogP contribution in [-0.4, -0.2) is 10.2 Å². The molecule has 0 aliphatic rings. The molecule has 0 radical (unpaired) electrons. The lowest BCUT2D eigenvalue weighted by atomic mass is 10.2. The van der Waals surface area contributed by atoms with Gasteiger partial charge < -0.3 is 10.2 Å². The Morgan fingerprint density at radius 2 is 1.67 bits per heavy atom. The van der Waals surface area contributed by atoms with Crippen LogP contribution in [0.2, 0.25) is 0 Å². The SMILES string of the molecule is Cc1cc(C)c(O)c(O)c(=O)c1. The summed E-state index contributed by atoms with van der Waals surface area (Å²) in [6.07, 6.45) is 0. The monoisotopic (exact) mass is 166 g/mol. The van der Waals surface area contributed by atoms with Gasteiger partial charge in [0.05, 0.1) is 0 Å². The van der Waals surface area contributed by atoms with Crippen molar-refractivity contribution in [1.29, 1.82) is 0 Å². The first-order valence-electron chi connectivity index (χ1n) is 3.56. The predicted molar refractivity (Wildman–Crippen MR) is 45.5 cm³/mol. The molecule has 3 heteroatoms. The average Bonchev–Trinajstić information content (AvgIpc) is 2.05. The molecule has 0 spiro atoms. The number of hydrogen-bond donors (Lipinski definition) is 2. The second kappa shape index (κ2) is 2.85. The van der Waals surface area contributed by atoms with Gasteiger partial charge in [-0.05, 0) is 31.0 Å². The summed E-state index contributed by atoms with van der Waals surface area (Å²) in [6.45, 7) is 3.36. The molecule has 1 rings (SSSR count). The van der Waals surface area contributed by atoms with Crippen molar-refractivity contribution in [3.8, 4) is 11.5 Å². The molecule has 64 valence electrons. The Morgan fingerprint density at radius 3 is 2.25 bits per heavy atom. The summed E-state index contributed by atoms with van der Waals surface area (Å²) in [5.74, 6) is -0.922. The number of hydrogen-bond acceptors (Lipinski definition) is 3. The Kier molecular flexibility index (Phi) is 2.04. The lowest BCUT2D eigenvalue weighted by molar-refractivity contribution is 0.399. The molecule has 0 heterocycles. The quantitative estimate of drug-likeness (QED) is 0.606. The molecule has 2 N–H and O–H groups in total. The maximum Gasteiger partial charge on any atom is 0.224 e. The summed E-state index contributed by atoms with van der Waals surface area (Å²) >= 11 is 0. The Hall–Kier alpha value is -1.51. The van der Waals surface area contributed by atoms with Crippen LogP contribution in [0.4, 0.5) is 0 Å². The van der Waals surface area contributed by atoms with E-state index in [1.807, 2.05) is 0 Å². The molecule has 0 fully saturated rings. The Morgan fingerprint density at radius 1 is 1.08 bits per heavy atom. The number of aromatic hydroxyl groups is 2. The van der Waals surface area contributed by atoms with E-state index in [0.29, 0.717) is 11.1 Å². The first-order chi connectivity index (χ1) is 5.52. The zero-order valence-electron chi connectivity index (χ0n) is 6.96. The minimum absolute atomic E-state index is 0.340. The molecule has 1 aromatic carbocycles. The van der Waals surface area contributed by atoms with Gasteiger partial charge >= 0.3 is 0 Å². The fraction of sp³-hybridized carbons (Fsp3) is 0.222. The van der Waals surface area contributed by atoms with Crippen molar-refractivity contribution >= 4 is 0 Å².